The normalized spacial score (nSPS) is 10.7. The number of para-hydroxylation sites is 1. The fourth-order valence-corrected chi connectivity index (χ4v) is 4.11. The highest BCUT2D eigenvalue weighted by Gasteiger charge is 2.17. The molecule has 0 saturated heterocycles. The molecule has 9 nitrogen and oxygen atoms in total. The fourth-order valence-electron chi connectivity index (χ4n) is 4.11. The number of halogens is 1. The molecule has 0 radical (unpaired) electrons. The molecule has 0 saturated carbocycles. The zero-order valence-corrected chi connectivity index (χ0v) is 23.2. The van der Waals surface area contributed by atoms with Crippen molar-refractivity contribution in [2.24, 2.45) is 0 Å². The van der Waals surface area contributed by atoms with Gasteiger partial charge in [-0.15, -0.1) is 12.4 Å². The van der Waals surface area contributed by atoms with Crippen molar-refractivity contribution in [2.75, 3.05) is 56.9 Å². The summed E-state index contributed by atoms with van der Waals surface area (Å²) in [6.45, 7) is 7.27. The molecule has 38 heavy (non-hydrogen) atoms. The summed E-state index contributed by atoms with van der Waals surface area (Å²) in [6, 6.07) is 13.8. The number of aryl methyl sites for hydroxylation is 1. The Balaban J connectivity index is 0.00000400. The van der Waals surface area contributed by atoms with Gasteiger partial charge in [-0.05, 0) is 50.9 Å². The molecule has 1 amide bonds. The lowest BCUT2D eigenvalue weighted by atomic mass is 10.2. The maximum atomic E-state index is 12.2. The van der Waals surface area contributed by atoms with Crippen molar-refractivity contribution < 1.29 is 9.53 Å². The van der Waals surface area contributed by atoms with Crippen LogP contribution in [0.1, 0.15) is 5.56 Å². The van der Waals surface area contributed by atoms with Gasteiger partial charge in [-0.25, -0.2) is 4.98 Å². The summed E-state index contributed by atoms with van der Waals surface area (Å²) in [4.78, 5) is 25.6. The number of carbonyl (C=O) groups is 1. The van der Waals surface area contributed by atoms with Crippen molar-refractivity contribution in [3.05, 3.63) is 73.1 Å². The van der Waals surface area contributed by atoms with Crippen LogP contribution in [0.15, 0.2) is 67.5 Å². The van der Waals surface area contributed by atoms with Crippen LogP contribution in [0.5, 0.6) is 5.75 Å². The van der Waals surface area contributed by atoms with Gasteiger partial charge >= 0.3 is 0 Å². The molecule has 0 atom stereocenters. The Kier molecular flexibility index (Phi) is 9.33. The highest BCUT2D eigenvalue weighted by molar-refractivity contribution is 6.02. The number of benzene rings is 2. The molecule has 0 spiro atoms. The Morgan fingerprint density at radius 3 is 2.61 bits per heavy atom. The van der Waals surface area contributed by atoms with Crippen molar-refractivity contribution in [2.45, 2.75) is 6.92 Å². The summed E-state index contributed by atoms with van der Waals surface area (Å²) in [6.07, 6.45) is 5.03. The number of nitrogens with one attached hydrogen (secondary N) is 2. The molecule has 0 unspecified atom stereocenters. The average molecular weight is 536 g/mol. The SMILES string of the molecule is C=CC(=O)Nc1cc(Nc2nccc(-n3cc(C)c4ccccc43)n2)c(OC)cc1N(C)CCN(C)C.Cl. The molecule has 4 aromatic rings. The largest absolute Gasteiger partial charge is 0.494 e. The van der Waals surface area contributed by atoms with Crippen LogP contribution < -0.4 is 20.3 Å². The molecule has 4 rings (SSSR count). The summed E-state index contributed by atoms with van der Waals surface area (Å²) < 4.78 is 7.75. The minimum atomic E-state index is -0.300. The minimum absolute atomic E-state index is 0. The second-order valence-electron chi connectivity index (χ2n) is 9.05. The van der Waals surface area contributed by atoms with Crippen LogP contribution in [-0.2, 0) is 4.79 Å². The van der Waals surface area contributed by atoms with E-state index in [-0.39, 0.29) is 18.3 Å². The van der Waals surface area contributed by atoms with E-state index in [2.05, 4.69) is 57.2 Å². The number of methoxy groups -OCH3 is 1. The molecular formula is C28H34ClN7O2. The number of anilines is 4. The first-order valence-corrected chi connectivity index (χ1v) is 12.0. The molecule has 10 heteroatoms. The summed E-state index contributed by atoms with van der Waals surface area (Å²) in [7, 11) is 7.63. The molecule has 2 aromatic heterocycles. The van der Waals surface area contributed by atoms with Crippen LogP contribution in [0.3, 0.4) is 0 Å². The van der Waals surface area contributed by atoms with E-state index in [1.807, 2.05) is 56.0 Å². The third-order valence-electron chi connectivity index (χ3n) is 6.10. The summed E-state index contributed by atoms with van der Waals surface area (Å²) in [5, 5.41) is 7.36. The number of aromatic nitrogens is 3. The van der Waals surface area contributed by atoms with Crippen LogP contribution in [0.4, 0.5) is 23.0 Å². The van der Waals surface area contributed by atoms with E-state index in [9.17, 15) is 4.79 Å². The number of nitrogens with zero attached hydrogens (tertiary/aromatic N) is 5. The van der Waals surface area contributed by atoms with Gasteiger partial charge < -0.3 is 29.7 Å². The standard InChI is InChI=1S/C28H33N7O2.ClH/c1-7-27(36)30-21-16-22(25(37-6)17-24(21)34(5)15-14-33(3)4)31-28-29-13-12-26(32-28)35-18-19(2)20-10-8-9-11-23(20)35;/h7-13,16-18H,1,14-15H2,2-6H3,(H,30,36)(H,29,31,32);1H. The second kappa shape index (κ2) is 12.4. The lowest BCUT2D eigenvalue weighted by Crippen LogP contribution is -2.29. The molecule has 0 aliphatic heterocycles. The predicted octanol–water partition coefficient (Wildman–Crippen LogP) is 5.03. The number of carbonyl (C=O) groups excluding carboxylic acids is 1. The zero-order chi connectivity index (χ0) is 26.5. The Bertz CT molecular complexity index is 1430. The number of hydrogen-bond acceptors (Lipinski definition) is 7. The third-order valence-corrected chi connectivity index (χ3v) is 6.10. The quantitative estimate of drug-likeness (QED) is 0.275. The third kappa shape index (κ3) is 6.24. The highest BCUT2D eigenvalue weighted by Crippen LogP contribution is 2.38. The molecule has 2 N–H and O–H groups in total. The zero-order valence-electron chi connectivity index (χ0n) is 22.4. The van der Waals surface area contributed by atoms with Crippen molar-refractivity contribution in [1.82, 2.24) is 19.4 Å². The van der Waals surface area contributed by atoms with Crippen molar-refractivity contribution in [3.63, 3.8) is 0 Å². The molecule has 0 bridgehead atoms. The topological polar surface area (TPSA) is 87.5 Å². The first kappa shape index (κ1) is 28.5. The Morgan fingerprint density at radius 1 is 1.13 bits per heavy atom. The van der Waals surface area contributed by atoms with E-state index in [0.717, 1.165) is 30.1 Å². The molecule has 200 valence electrons. The minimum Gasteiger partial charge on any atom is -0.494 e. The van der Waals surface area contributed by atoms with Crippen molar-refractivity contribution in [1.29, 1.82) is 0 Å². The first-order chi connectivity index (χ1) is 17.8. The van der Waals surface area contributed by atoms with Crippen LogP contribution >= 0.6 is 12.4 Å². The summed E-state index contributed by atoms with van der Waals surface area (Å²) in [5.74, 6) is 1.44. The van der Waals surface area contributed by atoms with E-state index >= 15 is 0 Å². The van der Waals surface area contributed by atoms with E-state index in [1.54, 1.807) is 13.3 Å². The second-order valence-corrected chi connectivity index (χ2v) is 9.05. The average Bonchev–Trinajstić information content (AvgIpc) is 3.24. The number of ether oxygens (including phenoxy) is 1. The highest BCUT2D eigenvalue weighted by atomic mass is 35.5. The van der Waals surface area contributed by atoms with Gasteiger partial charge in [0.05, 0.1) is 29.7 Å². The molecule has 0 aliphatic carbocycles. The van der Waals surface area contributed by atoms with Gasteiger partial charge in [0.2, 0.25) is 11.9 Å². The predicted molar refractivity (Wildman–Crippen MR) is 158 cm³/mol. The monoisotopic (exact) mass is 535 g/mol. The summed E-state index contributed by atoms with van der Waals surface area (Å²) >= 11 is 0. The van der Waals surface area contributed by atoms with Gasteiger partial charge in [-0.3, -0.25) is 4.79 Å². The maximum absolute atomic E-state index is 12.2. The van der Waals surface area contributed by atoms with E-state index in [1.165, 1.54) is 17.0 Å². The van der Waals surface area contributed by atoms with Crippen LogP contribution in [0, 0.1) is 6.92 Å². The van der Waals surface area contributed by atoms with Gasteiger partial charge in [-0.1, -0.05) is 24.8 Å². The van der Waals surface area contributed by atoms with Gasteiger partial charge in [0.15, 0.2) is 0 Å². The van der Waals surface area contributed by atoms with E-state index in [4.69, 9.17) is 9.72 Å². The molecular weight excluding hydrogens is 502 g/mol. The van der Waals surface area contributed by atoms with Gasteiger partial charge in [0, 0.05) is 44.0 Å². The lowest BCUT2D eigenvalue weighted by molar-refractivity contribution is -0.111. The van der Waals surface area contributed by atoms with Crippen molar-refractivity contribution >= 4 is 52.2 Å². The number of fused-ring (bicyclic) bond motifs is 1. The molecule has 2 heterocycles. The first-order valence-electron chi connectivity index (χ1n) is 12.0. The smallest absolute Gasteiger partial charge is 0.247 e. The van der Waals surface area contributed by atoms with Gasteiger partial charge in [0.1, 0.15) is 11.6 Å². The molecule has 2 aromatic carbocycles. The Morgan fingerprint density at radius 2 is 1.89 bits per heavy atom. The maximum Gasteiger partial charge on any atom is 0.247 e. The number of likely N-dealkylation sites (N-methyl/N-ethyl adjacent to an activating group) is 2. The van der Waals surface area contributed by atoms with Gasteiger partial charge in [-0.2, -0.15) is 4.98 Å². The molecule has 0 aliphatic rings. The number of amides is 1. The van der Waals surface area contributed by atoms with E-state index < -0.39 is 0 Å². The van der Waals surface area contributed by atoms with E-state index in [0.29, 0.717) is 23.1 Å². The van der Waals surface area contributed by atoms with Crippen molar-refractivity contribution in [3.8, 4) is 11.6 Å². The Labute approximate surface area is 229 Å². The number of hydrogen-bond donors (Lipinski definition) is 2. The lowest BCUT2D eigenvalue weighted by Gasteiger charge is -2.26. The van der Waals surface area contributed by atoms with Crippen LogP contribution in [0.2, 0.25) is 0 Å². The van der Waals surface area contributed by atoms with Crippen LogP contribution in [0.25, 0.3) is 16.7 Å². The Hall–Kier alpha value is -4.08. The van der Waals surface area contributed by atoms with Crippen LogP contribution in [-0.4, -0.2) is 66.7 Å². The fraction of sp³-hybridized carbons (Fsp3) is 0.250. The molecule has 0 fully saturated rings. The summed E-state index contributed by atoms with van der Waals surface area (Å²) in [5.41, 5.74) is 4.31. The number of rotatable bonds is 10. The van der Waals surface area contributed by atoms with Gasteiger partial charge in [0.25, 0.3) is 0 Å².